The summed E-state index contributed by atoms with van der Waals surface area (Å²) < 4.78 is 8.71. The van der Waals surface area contributed by atoms with Gasteiger partial charge in [0.25, 0.3) is 5.91 Å². The van der Waals surface area contributed by atoms with E-state index < -0.39 is 5.91 Å². The van der Waals surface area contributed by atoms with Gasteiger partial charge in [0.2, 0.25) is 0 Å². The normalized spacial score (nSPS) is 10.9. The Hall–Kier alpha value is -2.71. The fourth-order valence-electron chi connectivity index (χ4n) is 2.82. The Morgan fingerprint density at radius 3 is 2.41 bits per heavy atom. The number of ether oxygens (including phenoxy) is 1. The van der Waals surface area contributed by atoms with E-state index in [4.69, 9.17) is 51.1 Å². The van der Waals surface area contributed by atoms with Crippen molar-refractivity contribution in [2.24, 2.45) is 0 Å². The van der Waals surface area contributed by atoms with E-state index in [1.807, 2.05) is 0 Å². The molecule has 0 atom stereocenters. The summed E-state index contributed by atoms with van der Waals surface area (Å²) >= 11 is 24.4. The summed E-state index contributed by atoms with van der Waals surface area (Å²) in [5.74, 6) is 0.424. The van der Waals surface area contributed by atoms with Crippen LogP contribution in [0.15, 0.2) is 60.9 Å². The first kappa shape index (κ1) is 22.5. The maximum atomic E-state index is 12.5. The van der Waals surface area contributed by atoms with Crippen molar-refractivity contribution in [1.82, 2.24) is 19.6 Å². The van der Waals surface area contributed by atoms with Crippen LogP contribution in [0, 0.1) is 0 Å². The van der Waals surface area contributed by atoms with Gasteiger partial charge in [-0.15, -0.1) is 0 Å². The second-order valence-electron chi connectivity index (χ2n) is 6.64. The number of hydrogen-bond acceptors (Lipinski definition) is 4. The lowest BCUT2D eigenvalue weighted by Gasteiger charge is -2.08. The molecule has 0 radical (unpaired) electrons. The Bertz CT molecular complexity index is 1250. The lowest BCUT2D eigenvalue weighted by atomic mass is 10.2. The van der Waals surface area contributed by atoms with Crippen LogP contribution in [0.3, 0.4) is 0 Å². The fourth-order valence-corrected chi connectivity index (χ4v) is 3.80. The van der Waals surface area contributed by atoms with Gasteiger partial charge in [-0.1, -0.05) is 52.5 Å². The molecule has 1 amide bonds. The number of hydrogen-bond donors (Lipinski definition) is 1. The van der Waals surface area contributed by atoms with Crippen molar-refractivity contribution in [3.05, 3.63) is 92.3 Å². The van der Waals surface area contributed by atoms with E-state index in [-0.39, 0.29) is 12.4 Å². The third-order valence-corrected chi connectivity index (χ3v) is 5.62. The largest absolute Gasteiger partial charge is 0.470 e. The van der Waals surface area contributed by atoms with Gasteiger partial charge in [-0.05, 0) is 36.4 Å². The van der Waals surface area contributed by atoms with Crippen LogP contribution in [0.4, 0.5) is 5.82 Å². The molecule has 11 heteroatoms. The second-order valence-corrected chi connectivity index (χ2v) is 8.30. The number of nitrogens with one attached hydrogen (secondary N) is 1. The molecule has 0 aliphatic carbocycles. The van der Waals surface area contributed by atoms with Crippen molar-refractivity contribution in [2.75, 3.05) is 5.32 Å². The van der Waals surface area contributed by atoms with Crippen LogP contribution in [0.2, 0.25) is 20.1 Å². The van der Waals surface area contributed by atoms with E-state index >= 15 is 0 Å². The molecule has 7 nitrogen and oxygen atoms in total. The van der Waals surface area contributed by atoms with Gasteiger partial charge >= 0.3 is 0 Å². The summed E-state index contributed by atoms with van der Waals surface area (Å²) in [5.41, 5.74) is 0.954. The molecule has 2 aromatic carbocycles. The average Bonchev–Trinajstić information content (AvgIpc) is 3.40. The first-order chi connectivity index (χ1) is 15.4. The van der Waals surface area contributed by atoms with Crippen molar-refractivity contribution < 1.29 is 9.53 Å². The highest BCUT2D eigenvalue weighted by molar-refractivity contribution is 6.36. The van der Waals surface area contributed by atoms with Gasteiger partial charge in [0.15, 0.2) is 18.2 Å². The van der Waals surface area contributed by atoms with E-state index in [1.165, 1.54) is 4.68 Å². The topological polar surface area (TPSA) is 74.0 Å². The second kappa shape index (κ2) is 9.83. The predicted octanol–water partition coefficient (Wildman–Crippen LogP) is 6.03. The molecule has 0 aliphatic heterocycles. The van der Waals surface area contributed by atoms with Crippen molar-refractivity contribution in [2.45, 2.75) is 13.3 Å². The van der Waals surface area contributed by atoms with Crippen LogP contribution in [0.5, 0.6) is 5.75 Å². The maximum Gasteiger partial charge on any atom is 0.277 e. The molecule has 0 spiro atoms. The lowest BCUT2D eigenvalue weighted by molar-refractivity contribution is 0.101. The molecule has 4 aromatic rings. The molecule has 0 bridgehead atoms. The van der Waals surface area contributed by atoms with Gasteiger partial charge in [-0.25, -0.2) is 4.68 Å². The van der Waals surface area contributed by atoms with Crippen LogP contribution in [-0.2, 0) is 13.3 Å². The van der Waals surface area contributed by atoms with Crippen molar-refractivity contribution in [3.8, 4) is 5.75 Å². The van der Waals surface area contributed by atoms with E-state index in [0.717, 1.165) is 5.56 Å². The number of aromatic nitrogens is 4. The van der Waals surface area contributed by atoms with Gasteiger partial charge in [-0.2, -0.15) is 10.2 Å². The Kier molecular flexibility index (Phi) is 6.91. The first-order valence-electron chi connectivity index (χ1n) is 9.28. The fraction of sp³-hybridized carbons (Fsp3) is 0.0952. The number of rotatable bonds is 7. The number of carbonyl (C=O) groups excluding carboxylic acids is 1. The van der Waals surface area contributed by atoms with Crippen LogP contribution >= 0.6 is 46.4 Å². The summed E-state index contributed by atoms with van der Waals surface area (Å²) in [6, 6.07) is 13.5. The van der Waals surface area contributed by atoms with Gasteiger partial charge in [0, 0.05) is 39.1 Å². The highest BCUT2D eigenvalue weighted by atomic mass is 35.5. The molecule has 0 fully saturated rings. The van der Waals surface area contributed by atoms with Gasteiger partial charge in [0.1, 0.15) is 5.75 Å². The quantitative estimate of drug-likeness (QED) is 0.329. The first-order valence-corrected chi connectivity index (χ1v) is 10.8. The molecule has 2 heterocycles. The Morgan fingerprint density at radius 1 is 0.906 bits per heavy atom. The molecule has 2 aromatic heterocycles. The van der Waals surface area contributed by atoms with Crippen molar-refractivity contribution in [1.29, 1.82) is 0 Å². The Balaban J connectivity index is 1.36. The molecule has 4 rings (SSSR count). The van der Waals surface area contributed by atoms with E-state index in [2.05, 4.69) is 15.5 Å². The molecule has 164 valence electrons. The van der Waals surface area contributed by atoms with Crippen LogP contribution in [0.1, 0.15) is 16.1 Å². The van der Waals surface area contributed by atoms with Gasteiger partial charge in [-0.3, -0.25) is 9.48 Å². The number of halogens is 4. The summed E-state index contributed by atoms with van der Waals surface area (Å²) in [6.07, 6.45) is 3.34. The molecule has 0 aliphatic rings. The minimum Gasteiger partial charge on any atom is -0.470 e. The zero-order valence-corrected chi connectivity index (χ0v) is 19.3. The third kappa shape index (κ3) is 5.37. The minimum atomic E-state index is -0.408. The minimum absolute atomic E-state index is 0.0713. The maximum absolute atomic E-state index is 12.5. The molecular formula is C21H15Cl4N5O2. The van der Waals surface area contributed by atoms with Gasteiger partial charge in [0.05, 0.1) is 11.6 Å². The SMILES string of the molecule is O=C(Nc1ccn(Cc2c(Cl)cccc2Cl)n1)c1ccn(COc2ccc(Cl)cc2Cl)n1. The highest BCUT2D eigenvalue weighted by Gasteiger charge is 2.13. The average molecular weight is 511 g/mol. The van der Waals surface area contributed by atoms with Gasteiger partial charge < -0.3 is 10.1 Å². The summed E-state index contributed by atoms with van der Waals surface area (Å²) in [7, 11) is 0. The number of nitrogens with zero attached hydrogens (tertiary/aromatic N) is 4. The molecule has 1 N–H and O–H groups in total. The van der Waals surface area contributed by atoms with Crippen LogP contribution in [-0.4, -0.2) is 25.5 Å². The van der Waals surface area contributed by atoms with Crippen molar-refractivity contribution >= 4 is 58.1 Å². The zero-order chi connectivity index (χ0) is 22.7. The van der Waals surface area contributed by atoms with Crippen molar-refractivity contribution in [3.63, 3.8) is 0 Å². The zero-order valence-electron chi connectivity index (χ0n) is 16.3. The van der Waals surface area contributed by atoms with Crippen LogP contribution in [0.25, 0.3) is 0 Å². The summed E-state index contributed by atoms with van der Waals surface area (Å²) in [4.78, 5) is 12.5. The molecule has 32 heavy (non-hydrogen) atoms. The number of carbonyl (C=O) groups is 1. The number of anilines is 1. The smallest absolute Gasteiger partial charge is 0.277 e. The highest BCUT2D eigenvalue weighted by Crippen LogP contribution is 2.28. The van der Waals surface area contributed by atoms with E-state index in [0.29, 0.717) is 38.2 Å². The number of amides is 1. The third-order valence-electron chi connectivity index (χ3n) is 4.38. The monoisotopic (exact) mass is 509 g/mol. The Labute approximate surface area is 203 Å². The molecule has 0 saturated heterocycles. The molecular weight excluding hydrogens is 496 g/mol. The van der Waals surface area contributed by atoms with Crippen LogP contribution < -0.4 is 10.1 Å². The molecule has 0 saturated carbocycles. The predicted molar refractivity (Wildman–Crippen MR) is 125 cm³/mol. The lowest BCUT2D eigenvalue weighted by Crippen LogP contribution is -2.15. The summed E-state index contributed by atoms with van der Waals surface area (Å²) in [5, 5.41) is 13.2. The Morgan fingerprint density at radius 2 is 1.66 bits per heavy atom. The number of benzene rings is 2. The molecule has 0 unspecified atom stereocenters. The summed E-state index contributed by atoms with van der Waals surface area (Å²) in [6.45, 7) is 0.440. The van der Waals surface area contributed by atoms with E-state index in [9.17, 15) is 4.79 Å². The van der Waals surface area contributed by atoms with E-state index in [1.54, 1.807) is 65.6 Å². The standard InChI is InChI=1S/C21H15Cl4N5O2/c22-13-4-5-19(17(25)10-13)32-12-30-8-6-18(27-30)21(31)26-20-7-9-29(28-20)11-14-15(23)2-1-3-16(14)24/h1-10H,11-12H2,(H,26,28,31).